The van der Waals surface area contributed by atoms with Crippen molar-refractivity contribution in [3.05, 3.63) is 17.6 Å². The van der Waals surface area contributed by atoms with E-state index >= 15 is 0 Å². The zero-order valence-corrected chi connectivity index (χ0v) is 13.3. The molecule has 0 bridgehead atoms. The van der Waals surface area contributed by atoms with E-state index in [1.807, 2.05) is 16.2 Å². The first kappa shape index (κ1) is 12.9. The summed E-state index contributed by atoms with van der Waals surface area (Å²) in [6, 6.07) is 2.14. The van der Waals surface area contributed by atoms with E-state index < -0.39 is 0 Å². The van der Waals surface area contributed by atoms with Crippen molar-refractivity contribution < 1.29 is 0 Å². The molecule has 3 heterocycles. The first-order valence-electron chi connectivity index (χ1n) is 7.37. The SMILES string of the molecule is CC(C)Cc1cc(-c2nn3c(C4CC4)nnc3s2)n(C)n1. The lowest BCUT2D eigenvalue weighted by atomic mass is 10.1. The van der Waals surface area contributed by atoms with Crippen LogP contribution in [0.15, 0.2) is 6.07 Å². The summed E-state index contributed by atoms with van der Waals surface area (Å²) in [7, 11) is 1.98. The van der Waals surface area contributed by atoms with Gasteiger partial charge in [0.25, 0.3) is 0 Å². The third-order valence-electron chi connectivity index (χ3n) is 3.72. The van der Waals surface area contributed by atoms with Crippen LogP contribution in [-0.2, 0) is 13.5 Å². The van der Waals surface area contributed by atoms with Gasteiger partial charge in [0.2, 0.25) is 4.96 Å². The Morgan fingerprint density at radius 2 is 2.10 bits per heavy atom. The molecule has 1 fully saturated rings. The molecule has 3 aromatic rings. The van der Waals surface area contributed by atoms with Crippen LogP contribution in [0.25, 0.3) is 15.7 Å². The van der Waals surface area contributed by atoms with Crippen LogP contribution in [0.1, 0.15) is 44.1 Å². The summed E-state index contributed by atoms with van der Waals surface area (Å²) in [5, 5.41) is 18.8. The molecule has 110 valence electrons. The lowest BCUT2D eigenvalue weighted by molar-refractivity contribution is 0.621. The molecular formula is C14H18N6S. The predicted octanol–water partition coefficient (Wildman–Crippen LogP) is 2.66. The van der Waals surface area contributed by atoms with Crippen molar-refractivity contribution >= 4 is 16.3 Å². The number of aryl methyl sites for hydroxylation is 1. The minimum absolute atomic E-state index is 0.554. The fourth-order valence-corrected chi connectivity index (χ4v) is 3.47. The highest BCUT2D eigenvalue weighted by Crippen LogP contribution is 2.39. The van der Waals surface area contributed by atoms with Gasteiger partial charge in [0.15, 0.2) is 10.8 Å². The lowest BCUT2D eigenvalue weighted by Gasteiger charge is -1.98. The van der Waals surface area contributed by atoms with Crippen LogP contribution >= 0.6 is 11.3 Å². The molecule has 4 rings (SSSR count). The highest BCUT2D eigenvalue weighted by molar-refractivity contribution is 7.19. The second-order valence-corrected chi connectivity index (χ2v) is 7.13. The van der Waals surface area contributed by atoms with E-state index in [9.17, 15) is 0 Å². The van der Waals surface area contributed by atoms with E-state index in [1.54, 1.807) is 11.3 Å². The number of hydrogen-bond donors (Lipinski definition) is 0. The second kappa shape index (κ2) is 4.62. The molecule has 0 radical (unpaired) electrons. The van der Waals surface area contributed by atoms with Crippen molar-refractivity contribution in [1.82, 2.24) is 29.6 Å². The minimum Gasteiger partial charge on any atom is -0.265 e. The van der Waals surface area contributed by atoms with Gasteiger partial charge in [-0.2, -0.15) is 14.7 Å². The van der Waals surface area contributed by atoms with Crippen LogP contribution in [-0.4, -0.2) is 29.6 Å². The van der Waals surface area contributed by atoms with Gasteiger partial charge in [-0.25, -0.2) is 0 Å². The van der Waals surface area contributed by atoms with E-state index in [-0.39, 0.29) is 0 Å². The maximum Gasteiger partial charge on any atom is 0.235 e. The molecule has 21 heavy (non-hydrogen) atoms. The van der Waals surface area contributed by atoms with Crippen molar-refractivity contribution in [2.24, 2.45) is 13.0 Å². The van der Waals surface area contributed by atoms with Gasteiger partial charge in [0.1, 0.15) is 0 Å². The molecule has 0 saturated heterocycles. The molecule has 0 aliphatic heterocycles. The molecule has 1 aliphatic carbocycles. The summed E-state index contributed by atoms with van der Waals surface area (Å²) >= 11 is 1.58. The Bertz CT molecular complexity index is 792. The summed E-state index contributed by atoms with van der Waals surface area (Å²) in [6.07, 6.45) is 3.40. The van der Waals surface area contributed by atoms with Crippen LogP contribution in [0, 0.1) is 5.92 Å². The number of nitrogens with zero attached hydrogens (tertiary/aromatic N) is 6. The van der Waals surface area contributed by atoms with Crippen LogP contribution in [0.2, 0.25) is 0 Å². The van der Waals surface area contributed by atoms with Crippen molar-refractivity contribution in [3.63, 3.8) is 0 Å². The standard InChI is InChI=1S/C14H18N6S/c1-8(2)6-10-7-11(19(3)17-10)13-18-20-12(9-4-5-9)15-16-14(20)21-13/h7-9H,4-6H2,1-3H3. The Balaban J connectivity index is 1.74. The van der Waals surface area contributed by atoms with Gasteiger partial charge >= 0.3 is 0 Å². The number of fused-ring (bicyclic) bond motifs is 1. The fraction of sp³-hybridized carbons (Fsp3) is 0.571. The first-order chi connectivity index (χ1) is 10.1. The van der Waals surface area contributed by atoms with Gasteiger partial charge < -0.3 is 0 Å². The van der Waals surface area contributed by atoms with Gasteiger partial charge in [0, 0.05) is 13.0 Å². The largest absolute Gasteiger partial charge is 0.265 e. The first-order valence-corrected chi connectivity index (χ1v) is 8.19. The number of aromatic nitrogens is 6. The van der Waals surface area contributed by atoms with Crippen LogP contribution in [0.3, 0.4) is 0 Å². The second-order valence-electron chi connectivity index (χ2n) is 6.18. The highest BCUT2D eigenvalue weighted by atomic mass is 32.1. The molecule has 0 N–H and O–H groups in total. The Hall–Kier alpha value is -1.76. The Morgan fingerprint density at radius 3 is 2.81 bits per heavy atom. The molecule has 1 saturated carbocycles. The van der Waals surface area contributed by atoms with E-state index in [1.165, 1.54) is 12.8 Å². The topological polar surface area (TPSA) is 60.9 Å². The maximum atomic E-state index is 4.71. The van der Waals surface area contributed by atoms with Gasteiger partial charge in [-0.15, -0.1) is 10.2 Å². The third kappa shape index (κ3) is 2.25. The minimum atomic E-state index is 0.554. The molecule has 0 aromatic carbocycles. The van der Waals surface area contributed by atoms with Crippen LogP contribution in [0.4, 0.5) is 0 Å². The molecule has 3 aromatic heterocycles. The van der Waals surface area contributed by atoms with E-state index in [0.717, 1.165) is 33.6 Å². The molecular weight excluding hydrogens is 284 g/mol. The third-order valence-corrected chi connectivity index (χ3v) is 4.65. The smallest absolute Gasteiger partial charge is 0.235 e. The maximum absolute atomic E-state index is 4.71. The van der Waals surface area contributed by atoms with Crippen LogP contribution < -0.4 is 0 Å². The lowest BCUT2D eigenvalue weighted by Crippen LogP contribution is -1.98. The summed E-state index contributed by atoms with van der Waals surface area (Å²) in [6.45, 7) is 4.42. The highest BCUT2D eigenvalue weighted by Gasteiger charge is 2.30. The zero-order valence-electron chi connectivity index (χ0n) is 12.4. The molecule has 1 aliphatic rings. The monoisotopic (exact) mass is 302 g/mol. The molecule has 6 nitrogen and oxygen atoms in total. The number of rotatable bonds is 4. The Kier molecular flexibility index (Phi) is 2.85. The van der Waals surface area contributed by atoms with Crippen molar-refractivity contribution in [2.45, 2.75) is 39.0 Å². The zero-order chi connectivity index (χ0) is 14.6. The summed E-state index contributed by atoms with van der Waals surface area (Å²) in [5.74, 6) is 2.17. The molecule has 0 amide bonds. The van der Waals surface area contributed by atoms with Gasteiger partial charge in [-0.05, 0) is 31.2 Å². The average Bonchev–Trinajstić information content (AvgIpc) is 2.88. The van der Waals surface area contributed by atoms with E-state index in [2.05, 4.69) is 35.2 Å². The quantitative estimate of drug-likeness (QED) is 0.743. The van der Waals surface area contributed by atoms with E-state index in [0.29, 0.717) is 11.8 Å². The Labute approximate surface area is 126 Å². The Morgan fingerprint density at radius 1 is 1.29 bits per heavy atom. The summed E-state index contributed by atoms with van der Waals surface area (Å²) in [4.78, 5) is 0.874. The van der Waals surface area contributed by atoms with E-state index in [4.69, 9.17) is 5.10 Å². The van der Waals surface area contributed by atoms with Crippen molar-refractivity contribution in [2.75, 3.05) is 0 Å². The van der Waals surface area contributed by atoms with Gasteiger partial charge in [0.05, 0.1) is 11.4 Å². The summed E-state index contributed by atoms with van der Waals surface area (Å²) in [5.41, 5.74) is 2.18. The molecule has 0 atom stereocenters. The molecule has 7 heteroatoms. The molecule has 0 unspecified atom stereocenters. The summed E-state index contributed by atoms with van der Waals surface area (Å²) < 4.78 is 3.83. The van der Waals surface area contributed by atoms with Crippen molar-refractivity contribution in [3.8, 4) is 10.7 Å². The normalized spacial score (nSPS) is 15.4. The predicted molar refractivity (Wildman–Crippen MR) is 81.4 cm³/mol. The van der Waals surface area contributed by atoms with Crippen molar-refractivity contribution in [1.29, 1.82) is 0 Å². The fourth-order valence-electron chi connectivity index (χ4n) is 2.58. The van der Waals surface area contributed by atoms with Crippen LogP contribution in [0.5, 0.6) is 0 Å². The number of hydrogen-bond acceptors (Lipinski definition) is 5. The average molecular weight is 302 g/mol. The van der Waals surface area contributed by atoms with Gasteiger partial charge in [-0.3, -0.25) is 4.68 Å². The molecule has 0 spiro atoms. The van der Waals surface area contributed by atoms with Gasteiger partial charge in [-0.1, -0.05) is 25.2 Å².